The van der Waals surface area contributed by atoms with Crippen molar-refractivity contribution in [3.05, 3.63) is 39.8 Å². The first-order valence-corrected chi connectivity index (χ1v) is 10.9. The van der Waals surface area contributed by atoms with E-state index in [-0.39, 0.29) is 12.5 Å². The van der Waals surface area contributed by atoms with Crippen LogP contribution in [0.3, 0.4) is 0 Å². The van der Waals surface area contributed by atoms with Crippen LogP contribution in [0.25, 0.3) is 0 Å². The highest BCUT2D eigenvalue weighted by Crippen LogP contribution is 2.37. The zero-order chi connectivity index (χ0) is 19.8. The molecular weight excluding hydrogens is 403 g/mol. The first-order chi connectivity index (χ1) is 13.0. The molecule has 4 nitrogen and oxygen atoms in total. The van der Waals surface area contributed by atoms with E-state index in [1.54, 1.807) is 17.8 Å². The molecule has 7 heteroatoms. The van der Waals surface area contributed by atoms with E-state index in [0.29, 0.717) is 29.6 Å². The normalized spacial score (nSPS) is 11.5. The van der Waals surface area contributed by atoms with Gasteiger partial charge in [-0.15, -0.1) is 0 Å². The zero-order valence-corrected chi connectivity index (χ0v) is 18.5. The van der Waals surface area contributed by atoms with Gasteiger partial charge in [0.15, 0.2) is 0 Å². The van der Waals surface area contributed by atoms with Crippen molar-refractivity contribution in [2.24, 2.45) is 0 Å². The van der Waals surface area contributed by atoms with E-state index in [2.05, 4.69) is 25.3 Å². The molecular formula is C20H28Cl2N2O2S. The van der Waals surface area contributed by atoms with Gasteiger partial charge in [0.05, 0.1) is 5.69 Å². The second-order valence-electron chi connectivity index (χ2n) is 6.72. The maximum absolute atomic E-state index is 9.33. The first-order valence-electron chi connectivity index (χ1n) is 9.38. The van der Waals surface area contributed by atoms with E-state index in [1.807, 2.05) is 12.1 Å². The van der Waals surface area contributed by atoms with Crippen molar-refractivity contribution in [2.45, 2.75) is 69.0 Å². The van der Waals surface area contributed by atoms with Gasteiger partial charge in [0.1, 0.15) is 17.5 Å². The third-order valence-corrected chi connectivity index (χ3v) is 5.57. The molecule has 0 saturated heterocycles. The van der Waals surface area contributed by atoms with Crippen molar-refractivity contribution < 1.29 is 9.84 Å². The standard InChI is InChI=1S/C20H28Cl2N2O2S/c1-4-5-9-26-13-18-23-19(14(2)3)20(24(18)7-6-8-25)27-17-11-15(21)10-16(22)12-17/h10-12,14,25H,4-9,13H2,1-3H3. The van der Waals surface area contributed by atoms with Crippen LogP contribution in [0.1, 0.15) is 57.5 Å². The molecule has 1 heterocycles. The van der Waals surface area contributed by atoms with Gasteiger partial charge in [-0.1, -0.05) is 62.2 Å². The molecule has 27 heavy (non-hydrogen) atoms. The summed E-state index contributed by atoms with van der Waals surface area (Å²) in [6, 6.07) is 5.54. The third kappa shape index (κ3) is 6.68. The van der Waals surface area contributed by atoms with Gasteiger partial charge in [-0.25, -0.2) is 4.98 Å². The monoisotopic (exact) mass is 430 g/mol. The molecule has 2 rings (SSSR count). The number of rotatable bonds is 11. The van der Waals surface area contributed by atoms with Crippen LogP contribution < -0.4 is 0 Å². The lowest BCUT2D eigenvalue weighted by molar-refractivity contribution is 0.109. The summed E-state index contributed by atoms with van der Waals surface area (Å²) >= 11 is 14.0. The predicted molar refractivity (Wildman–Crippen MR) is 113 cm³/mol. The van der Waals surface area contributed by atoms with Crippen molar-refractivity contribution >= 4 is 35.0 Å². The second kappa shape index (κ2) is 11.3. The Balaban J connectivity index is 2.36. The van der Waals surface area contributed by atoms with Gasteiger partial charge in [-0.3, -0.25) is 0 Å². The van der Waals surface area contributed by atoms with Crippen LogP contribution in [0.4, 0.5) is 0 Å². The van der Waals surface area contributed by atoms with E-state index in [0.717, 1.165) is 40.9 Å². The highest BCUT2D eigenvalue weighted by molar-refractivity contribution is 7.99. The number of unbranched alkanes of at least 4 members (excludes halogenated alkanes) is 1. The van der Waals surface area contributed by atoms with Crippen LogP contribution >= 0.6 is 35.0 Å². The average molecular weight is 431 g/mol. The number of ether oxygens (including phenoxy) is 1. The Bertz CT molecular complexity index is 715. The molecule has 1 aromatic carbocycles. The zero-order valence-electron chi connectivity index (χ0n) is 16.2. The maximum Gasteiger partial charge on any atom is 0.136 e. The van der Waals surface area contributed by atoms with Crippen LogP contribution in [0, 0.1) is 0 Å². The summed E-state index contributed by atoms with van der Waals surface area (Å²) in [5.41, 5.74) is 1.03. The minimum absolute atomic E-state index is 0.137. The largest absolute Gasteiger partial charge is 0.396 e. The van der Waals surface area contributed by atoms with Gasteiger partial charge in [0.25, 0.3) is 0 Å². The number of imidazole rings is 1. The molecule has 0 aliphatic carbocycles. The maximum atomic E-state index is 9.33. The Hall–Kier alpha value is -0.720. The molecule has 0 amide bonds. The highest BCUT2D eigenvalue weighted by Gasteiger charge is 2.20. The van der Waals surface area contributed by atoms with Crippen LogP contribution in [0.15, 0.2) is 28.1 Å². The number of hydrogen-bond donors (Lipinski definition) is 1. The number of hydrogen-bond acceptors (Lipinski definition) is 4. The average Bonchev–Trinajstić information content (AvgIpc) is 2.93. The highest BCUT2D eigenvalue weighted by atomic mass is 35.5. The fourth-order valence-electron chi connectivity index (χ4n) is 2.66. The van der Waals surface area contributed by atoms with Crippen LogP contribution in [0.5, 0.6) is 0 Å². The number of halogens is 2. The van der Waals surface area contributed by atoms with E-state index in [9.17, 15) is 5.11 Å². The van der Waals surface area contributed by atoms with Crippen molar-refractivity contribution in [3.63, 3.8) is 0 Å². The van der Waals surface area contributed by atoms with Gasteiger partial charge in [0, 0.05) is 34.7 Å². The predicted octanol–water partition coefficient (Wildman–Crippen LogP) is 6.16. The number of aromatic nitrogens is 2. The molecule has 0 unspecified atom stereocenters. The molecule has 0 aliphatic rings. The fourth-order valence-corrected chi connectivity index (χ4v) is 4.61. The minimum atomic E-state index is 0.137. The smallest absolute Gasteiger partial charge is 0.136 e. The third-order valence-electron chi connectivity index (χ3n) is 4.04. The van der Waals surface area contributed by atoms with Gasteiger partial charge >= 0.3 is 0 Å². The Kier molecular flexibility index (Phi) is 9.46. The van der Waals surface area contributed by atoms with Gasteiger partial charge in [-0.2, -0.15) is 0 Å². The van der Waals surface area contributed by atoms with Crippen molar-refractivity contribution in [1.82, 2.24) is 9.55 Å². The minimum Gasteiger partial charge on any atom is -0.396 e. The molecule has 1 N–H and O–H groups in total. The summed E-state index contributed by atoms with van der Waals surface area (Å²) in [5.74, 6) is 1.17. The lowest BCUT2D eigenvalue weighted by atomic mass is 10.1. The molecule has 0 bridgehead atoms. The Morgan fingerprint density at radius 3 is 2.48 bits per heavy atom. The summed E-state index contributed by atoms with van der Waals surface area (Å²) in [5, 5.41) is 11.6. The van der Waals surface area contributed by atoms with Crippen LogP contribution in [0.2, 0.25) is 10.0 Å². The van der Waals surface area contributed by atoms with E-state index < -0.39 is 0 Å². The molecule has 150 valence electrons. The molecule has 0 spiro atoms. The summed E-state index contributed by atoms with van der Waals surface area (Å²) in [6.45, 7) is 8.45. The first kappa shape index (κ1) is 22.6. The van der Waals surface area contributed by atoms with E-state index in [4.69, 9.17) is 32.9 Å². The summed E-state index contributed by atoms with van der Waals surface area (Å²) in [6.07, 6.45) is 2.81. The molecule has 0 atom stereocenters. The van der Waals surface area contributed by atoms with Gasteiger partial charge in [0.2, 0.25) is 0 Å². The van der Waals surface area contributed by atoms with Gasteiger partial charge in [-0.05, 0) is 37.0 Å². The molecule has 1 aromatic heterocycles. The van der Waals surface area contributed by atoms with Gasteiger partial charge < -0.3 is 14.4 Å². The van der Waals surface area contributed by atoms with E-state index in [1.165, 1.54) is 0 Å². The molecule has 0 aliphatic heterocycles. The lowest BCUT2D eigenvalue weighted by Crippen LogP contribution is -2.09. The van der Waals surface area contributed by atoms with Crippen molar-refractivity contribution in [1.29, 1.82) is 0 Å². The van der Waals surface area contributed by atoms with Crippen LogP contribution in [-0.4, -0.2) is 27.9 Å². The quantitative estimate of drug-likeness (QED) is 0.433. The summed E-state index contributed by atoms with van der Waals surface area (Å²) in [4.78, 5) is 5.84. The molecule has 2 aromatic rings. The van der Waals surface area contributed by atoms with Crippen LogP contribution in [-0.2, 0) is 17.9 Å². The molecule has 0 radical (unpaired) electrons. The molecule has 0 fully saturated rings. The Morgan fingerprint density at radius 2 is 1.89 bits per heavy atom. The lowest BCUT2D eigenvalue weighted by Gasteiger charge is -2.13. The summed E-state index contributed by atoms with van der Waals surface area (Å²) in [7, 11) is 0. The number of benzene rings is 1. The summed E-state index contributed by atoms with van der Waals surface area (Å²) < 4.78 is 7.98. The Labute approximate surface area is 176 Å². The number of aliphatic hydroxyl groups excluding tert-OH is 1. The molecule has 0 saturated carbocycles. The number of nitrogens with zero attached hydrogens (tertiary/aromatic N) is 2. The van der Waals surface area contributed by atoms with Crippen molar-refractivity contribution in [3.8, 4) is 0 Å². The van der Waals surface area contributed by atoms with E-state index >= 15 is 0 Å². The Morgan fingerprint density at radius 1 is 1.19 bits per heavy atom. The van der Waals surface area contributed by atoms with Crippen molar-refractivity contribution in [2.75, 3.05) is 13.2 Å². The number of aliphatic hydroxyl groups is 1. The second-order valence-corrected chi connectivity index (χ2v) is 8.65. The fraction of sp³-hybridized carbons (Fsp3) is 0.550. The SMILES string of the molecule is CCCCOCc1nc(C(C)C)c(Sc2cc(Cl)cc(Cl)c2)n1CCCO. The topological polar surface area (TPSA) is 47.3 Å².